The Bertz CT molecular complexity index is 1290. The molecule has 1 aliphatic carbocycles. The fourth-order valence-corrected chi connectivity index (χ4v) is 8.37. The van der Waals surface area contributed by atoms with Crippen LogP contribution in [0.3, 0.4) is 0 Å². The van der Waals surface area contributed by atoms with Gasteiger partial charge in [0.05, 0.1) is 37.7 Å². The number of benzene rings is 2. The Morgan fingerprint density at radius 1 is 1.07 bits per heavy atom. The van der Waals surface area contributed by atoms with E-state index in [4.69, 9.17) is 18.9 Å². The van der Waals surface area contributed by atoms with Gasteiger partial charge in [0.2, 0.25) is 10.0 Å². The lowest BCUT2D eigenvalue weighted by Crippen LogP contribution is -2.43. The Morgan fingerprint density at radius 3 is 2.50 bits per heavy atom. The number of nitrogens with zero attached hydrogens (tertiary/aromatic N) is 1. The SMILES string of the molecule is COc1ccc(S(=O)(=O)N(CC(C)C)C[C@@H](O)C(CC(=O)O[C@H]2CC3CCO[C@H]4OC[C@@H]2[C@@H]34)Cc2ccccc2)cc1. The number of aliphatic hydroxyl groups is 1. The van der Waals surface area contributed by atoms with E-state index in [1.807, 2.05) is 44.2 Å². The molecule has 2 unspecified atom stereocenters. The first-order valence-electron chi connectivity index (χ1n) is 14.9. The summed E-state index contributed by atoms with van der Waals surface area (Å²) in [7, 11) is -2.39. The number of hydrogen-bond donors (Lipinski definition) is 1. The molecule has 0 radical (unpaired) electrons. The molecule has 230 valence electrons. The third-order valence-electron chi connectivity index (χ3n) is 8.84. The van der Waals surface area contributed by atoms with E-state index in [0.717, 1.165) is 18.4 Å². The summed E-state index contributed by atoms with van der Waals surface area (Å²) in [5.41, 5.74) is 0.957. The highest BCUT2D eigenvalue weighted by molar-refractivity contribution is 7.89. The lowest BCUT2D eigenvalue weighted by molar-refractivity contribution is -0.165. The molecule has 0 bridgehead atoms. The van der Waals surface area contributed by atoms with E-state index >= 15 is 0 Å². The third-order valence-corrected chi connectivity index (χ3v) is 10.7. The van der Waals surface area contributed by atoms with Gasteiger partial charge >= 0.3 is 5.97 Å². The summed E-state index contributed by atoms with van der Waals surface area (Å²) in [6, 6.07) is 15.9. The second-order valence-corrected chi connectivity index (χ2v) is 14.2. The fourth-order valence-electron chi connectivity index (χ4n) is 6.75. The highest BCUT2D eigenvalue weighted by atomic mass is 32.2. The van der Waals surface area contributed by atoms with E-state index in [0.29, 0.717) is 31.3 Å². The van der Waals surface area contributed by atoms with Gasteiger partial charge in [-0.1, -0.05) is 44.2 Å². The Kier molecular flexibility index (Phi) is 9.89. The van der Waals surface area contributed by atoms with Gasteiger partial charge in [0.1, 0.15) is 11.9 Å². The first-order chi connectivity index (χ1) is 20.2. The maximum Gasteiger partial charge on any atom is 0.306 e. The van der Waals surface area contributed by atoms with Crippen LogP contribution in [0.15, 0.2) is 59.5 Å². The van der Waals surface area contributed by atoms with E-state index in [1.54, 1.807) is 12.1 Å². The van der Waals surface area contributed by atoms with E-state index in [1.165, 1.54) is 23.5 Å². The molecule has 0 amide bonds. The van der Waals surface area contributed by atoms with Crippen LogP contribution < -0.4 is 4.74 Å². The van der Waals surface area contributed by atoms with Crippen molar-refractivity contribution in [3.8, 4) is 5.75 Å². The van der Waals surface area contributed by atoms with Crippen molar-refractivity contribution in [3.05, 3.63) is 60.2 Å². The molecule has 1 N–H and O–H groups in total. The van der Waals surface area contributed by atoms with E-state index < -0.39 is 22.0 Å². The number of sulfonamides is 1. The molecule has 1 saturated carbocycles. The van der Waals surface area contributed by atoms with Gasteiger partial charge in [0, 0.05) is 30.8 Å². The maximum absolute atomic E-state index is 13.7. The van der Waals surface area contributed by atoms with Crippen LogP contribution in [0.1, 0.15) is 38.7 Å². The van der Waals surface area contributed by atoms with Crippen LogP contribution in [0, 0.1) is 29.6 Å². The van der Waals surface area contributed by atoms with Crippen molar-refractivity contribution >= 4 is 16.0 Å². The van der Waals surface area contributed by atoms with Crippen LogP contribution in [0.4, 0.5) is 0 Å². The molecular weight excluding hydrogens is 558 g/mol. The summed E-state index contributed by atoms with van der Waals surface area (Å²) in [4.78, 5) is 13.5. The van der Waals surface area contributed by atoms with Gasteiger partial charge in [-0.25, -0.2) is 8.42 Å². The molecular formula is C32H43NO8S. The van der Waals surface area contributed by atoms with Gasteiger partial charge in [-0.05, 0) is 60.9 Å². The normalized spacial score (nSPS) is 26.7. The second-order valence-electron chi connectivity index (χ2n) is 12.2. The van der Waals surface area contributed by atoms with Crippen LogP contribution in [0.25, 0.3) is 0 Å². The third kappa shape index (κ3) is 7.00. The molecule has 10 heteroatoms. The van der Waals surface area contributed by atoms with Crippen molar-refractivity contribution < 1.29 is 37.3 Å². The van der Waals surface area contributed by atoms with Crippen LogP contribution >= 0.6 is 0 Å². The molecule has 0 spiro atoms. The van der Waals surface area contributed by atoms with Crippen LogP contribution in [0.5, 0.6) is 5.75 Å². The van der Waals surface area contributed by atoms with Crippen molar-refractivity contribution in [2.75, 3.05) is 33.4 Å². The van der Waals surface area contributed by atoms with Crippen LogP contribution in [-0.2, 0) is 35.4 Å². The topological polar surface area (TPSA) is 112 Å². The average molecular weight is 602 g/mol. The van der Waals surface area contributed by atoms with E-state index in [-0.39, 0.29) is 60.5 Å². The Balaban J connectivity index is 1.31. The smallest absolute Gasteiger partial charge is 0.306 e. The van der Waals surface area contributed by atoms with Gasteiger partial charge < -0.3 is 24.1 Å². The van der Waals surface area contributed by atoms with Crippen molar-refractivity contribution in [1.29, 1.82) is 0 Å². The number of ether oxygens (including phenoxy) is 4. The molecule has 5 rings (SSSR count). The Morgan fingerprint density at radius 2 is 1.81 bits per heavy atom. The predicted molar refractivity (Wildman–Crippen MR) is 156 cm³/mol. The first-order valence-corrected chi connectivity index (χ1v) is 16.4. The molecule has 3 fully saturated rings. The van der Waals surface area contributed by atoms with Crippen molar-refractivity contribution in [1.82, 2.24) is 4.31 Å². The Labute approximate surface area is 249 Å². The number of esters is 1. The van der Waals surface area contributed by atoms with Gasteiger partial charge in [0.25, 0.3) is 0 Å². The highest BCUT2D eigenvalue weighted by Gasteiger charge is 2.55. The zero-order chi connectivity index (χ0) is 29.9. The highest BCUT2D eigenvalue weighted by Crippen LogP contribution is 2.50. The van der Waals surface area contributed by atoms with E-state index in [2.05, 4.69) is 0 Å². The minimum absolute atomic E-state index is 0.0203. The summed E-state index contributed by atoms with van der Waals surface area (Å²) in [5.74, 6) is 0.465. The van der Waals surface area contributed by atoms with Crippen molar-refractivity contribution in [3.63, 3.8) is 0 Å². The molecule has 2 aromatic rings. The number of carbonyl (C=O) groups excluding carboxylic acids is 1. The molecule has 2 aliphatic heterocycles. The molecule has 42 heavy (non-hydrogen) atoms. The summed E-state index contributed by atoms with van der Waals surface area (Å²) in [5, 5.41) is 11.6. The number of rotatable bonds is 13. The minimum atomic E-state index is -3.91. The zero-order valence-corrected chi connectivity index (χ0v) is 25.4. The molecule has 3 aliphatic rings. The van der Waals surface area contributed by atoms with Gasteiger partial charge in [-0.15, -0.1) is 0 Å². The van der Waals surface area contributed by atoms with Gasteiger partial charge in [-0.3, -0.25) is 4.79 Å². The van der Waals surface area contributed by atoms with Crippen molar-refractivity contribution in [2.45, 2.75) is 62.9 Å². The molecule has 0 aromatic heterocycles. The van der Waals surface area contributed by atoms with Gasteiger partial charge in [-0.2, -0.15) is 4.31 Å². The van der Waals surface area contributed by atoms with Crippen LogP contribution in [-0.4, -0.2) is 75.7 Å². The molecule has 2 aromatic carbocycles. The first kappa shape index (κ1) is 30.9. The summed E-state index contributed by atoms with van der Waals surface area (Å²) in [6.45, 7) is 5.14. The quantitative estimate of drug-likeness (QED) is 0.344. The average Bonchev–Trinajstić information content (AvgIpc) is 3.57. The molecule has 2 saturated heterocycles. The summed E-state index contributed by atoms with van der Waals surface area (Å²) >= 11 is 0. The Hall–Kier alpha value is -2.50. The monoisotopic (exact) mass is 601 g/mol. The largest absolute Gasteiger partial charge is 0.497 e. The van der Waals surface area contributed by atoms with Crippen molar-refractivity contribution in [2.24, 2.45) is 29.6 Å². The minimum Gasteiger partial charge on any atom is -0.497 e. The standard InChI is InChI=1S/C32H43NO8S/c1-21(2)18-33(42(36,37)26-11-9-25(38-3)10-12-26)19-28(34)24(15-22-7-5-4-6-8-22)17-30(35)41-29-16-23-13-14-39-32-31(23)27(29)20-40-32/h4-12,21,23-24,27-29,31-32,34H,13-20H2,1-3H3/t23?,24?,27-,28+,29-,31+,32-/m0/s1. The molecule has 2 heterocycles. The summed E-state index contributed by atoms with van der Waals surface area (Å²) < 4.78 is 51.6. The number of aliphatic hydroxyl groups excluding tert-OH is 1. The van der Waals surface area contributed by atoms with Crippen LogP contribution in [0.2, 0.25) is 0 Å². The number of carbonyl (C=O) groups is 1. The number of hydrogen-bond acceptors (Lipinski definition) is 8. The van der Waals surface area contributed by atoms with Gasteiger partial charge in [0.15, 0.2) is 6.29 Å². The lowest BCUT2D eigenvalue weighted by atomic mass is 9.87. The predicted octanol–water partition coefficient (Wildman–Crippen LogP) is 3.89. The fraction of sp³-hybridized carbons (Fsp3) is 0.594. The zero-order valence-electron chi connectivity index (χ0n) is 24.6. The maximum atomic E-state index is 13.7. The molecule has 9 nitrogen and oxygen atoms in total. The lowest BCUT2D eigenvalue weighted by Gasteiger charge is -2.30. The van der Waals surface area contributed by atoms with E-state index in [9.17, 15) is 18.3 Å². The molecule has 7 atom stereocenters. The second kappa shape index (κ2) is 13.4. The summed E-state index contributed by atoms with van der Waals surface area (Å²) in [6.07, 6.45) is 0.604. The number of methoxy groups -OCH3 is 1.